The van der Waals surface area contributed by atoms with Gasteiger partial charge in [-0.15, -0.1) is 5.10 Å². The molecule has 1 fully saturated rings. The number of nitrogens with zero attached hydrogens (tertiary/aromatic N) is 2. The Morgan fingerprint density at radius 2 is 2.40 bits per heavy atom. The molecule has 82 valence electrons. The lowest BCUT2D eigenvalue weighted by atomic mass is 9.95. The van der Waals surface area contributed by atoms with Crippen molar-refractivity contribution in [2.75, 3.05) is 13.1 Å². The molecule has 0 amide bonds. The maximum atomic E-state index is 5.79. The van der Waals surface area contributed by atoms with Gasteiger partial charge in [-0.3, -0.25) is 0 Å². The molecule has 0 bridgehead atoms. The first-order valence-corrected chi connectivity index (χ1v) is 6.31. The summed E-state index contributed by atoms with van der Waals surface area (Å²) in [6, 6.07) is 1.96. The molecule has 5 heteroatoms. The summed E-state index contributed by atoms with van der Waals surface area (Å²) in [5, 5.41) is 11.8. The van der Waals surface area contributed by atoms with Crippen LogP contribution in [0.1, 0.15) is 18.5 Å². The second-order valence-corrected chi connectivity index (χ2v) is 5.10. The van der Waals surface area contributed by atoms with Crippen molar-refractivity contribution in [3.63, 3.8) is 0 Å². The highest BCUT2D eigenvalue weighted by Crippen LogP contribution is 2.21. The molecule has 3 nitrogen and oxygen atoms in total. The molecule has 0 aromatic carbocycles. The first-order valence-electron chi connectivity index (χ1n) is 5.14. The Morgan fingerprint density at radius 3 is 3.07 bits per heavy atom. The fourth-order valence-corrected chi connectivity index (χ4v) is 2.32. The smallest absolute Gasteiger partial charge is 0.165 e. The highest BCUT2D eigenvalue weighted by molar-refractivity contribution is 9.10. The van der Waals surface area contributed by atoms with E-state index in [0.29, 0.717) is 11.1 Å². The lowest BCUT2D eigenvalue weighted by Gasteiger charge is -2.22. The SMILES string of the molecule is Clc1nnc(CC2CCCNC2)cc1Br. The Labute approximate surface area is 103 Å². The molecule has 2 heterocycles. The third kappa shape index (κ3) is 3.13. The van der Waals surface area contributed by atoms with Crippen LogP contribution in [0.3, 0.4) is 0 Å². The Morgan fingerprint density at radius 1 is 1.53 bits per heavy atom. The Hall–Kier alpha value is -0.190. The highest BCUT2D eigenvalue weighted by atomic mass is 79.9. The number of halogens is 2. The van der Waals surface area contributed by atoms with Crippen LogP contribution in [-0.2, 0) is 6.42 Å². The molecular weight excluding hydrogens is 277 g/mol. The minimum atomic E-state index is 0.431. The van der Waals surface area contributed by atoms with Crippen LogP contribution in [0, 0.1) is 5.92 Å². The molecule has 1 unspecified atom stereocenters. The number of hydrogen-bond acceptors (Lipinski definition) is 3. The van der Waals surface area contributed by atoms with Gasteiger partial charge in [0.2, 0.25) is 0 Å². The fraction of sp³-hybridized carbons (Fsp3) is 0.600. The number of hydrogen-bond donors (Lipinski definition) is 1. The number of aromatic nitrogens is 2. The van der Waals surface area contributed by atoms with E-state index in [2.05, 4.69) is 31.4 Å². The molecule has 0 radical (unpaired) electrons. The Kier molecular flexibility index (Phi) is 3.94. The van der Waals surface area contributed by atoms with E-state index in [0.717, 1.165) is 29.7 Å². The van der Waals surface area contributed by atoms with Crippen LogP contribution in [0.25, 0.3) is 0 Å². The molecule has 1 aliphatic heterocycles. The largest absolute Gasteiger partial charge is 0.316 e. The number of piperidine rings is 1. The van der Waals surface area contributed by atoms with E-state index in [9.17, 15) is 0 Å². The molecule has 0 saturated carbocycles. The summed E-state index contributed by atoms with van der Waals surface area (Å²) in [6.45, 7) is 2.23. The maximum Gasteiger partial charge on any atom is 0.165 e. The molecule has 2 rings (SSSR count). The normalized spacial score (nSPS) is 21.6. The van der Waals surface area contributed by atoms with E-state index in [1.807, 2.05) is 6.07 Å². The predicted octanol–water partition coefficient (Wildman–Crippen LogP) is 2.43. The van der Waals surface area contributed by atoms with Gasteiger partial charge in [-0.05, 0) is 60.3 Å². The minimum absolute atomic E-state index is 0.431. The van der Waals surface area contributed by atoms with Crippen molar-refractivity contribution in [3.8, 4) is 0 Å². The minimum Gasteiger partial charge on any atom is -0.316 e. The zero-order chi connectivity index (χ0) is 10.7. The van der Waals surface area contributed by atoms with E-state index in [1.165, 1.54) is 12.8 Å². The average Bonchev–Trinajstić information content (AvgIpc) is 2.25. The van der Waals surface area contributed by atoms with Gasteiger partial charge < -0.3 is 5.32 Å². The molecule has 1 aliphatic rings. The summed E-state index contributed by atoms with van der Waals surface area (Å²) < 4.78 is 0.831. The van der Waals surface area contributed by atoms with Crippen LogP contribution in [0.5, 0.6) is 0 Å². The van der Waals surface area contributed by atoms with Gasteiger partial charge >= 0.3 is 0 Å². The van der Waals surface area contributed by atoms with E-state index in [-0.39, 0.29) is 0 Å². The van der Waals surface area contributed by atoms with Gasteiger partial charge in [0.05, 0.1) is 10.2 Å². The summed E-state index contributed by atoms with van der Waals surface area (Å²) >= 11 is 9.15. The monoisotopic (exact) mass is 289 g/mol. The van der Waals surface area contributed by atoms with Gasteiger partial charge in [0.25, 0.3) is 0 Å². The maximum absolute atomic E-state index is 5.79. The zero-order valence-electron chi connectivity index (χ0n) is 8.34. The van der Waals surface area contributed by atoms with Crippen molar-refractivity contribution in [1.29, 1.82) is 0 Å². The molecule has 1 atom stereocenters. The van der Waals surface area contributed by atoms with E-state index in [1.54, 1.807) is 0 Å². The summed E-state index contributed by atoms with van der Waals surface area (Å²) in [7, 11) is 0. The average molecular weight is 291 g/mol. The van der Waals surface area contributed by atoms with Gasteiger partial charge in [-0.2, -0.15) is 5.10 Å². The third-order valence-corrected chi connectivity index (χ3v) is 3.77. The van der Waals surface area contributed by atoms with Crippen LogP contribution in [0.15, 0.2) is 10.5 Å². The van der Waals surface area contributed by atoms with Crippen molar-refractivity contribution in [2.45, 2.75) is 19.3 Å². The second-order valence-electron chi connectivity index (χ2n) is 3.89. The number of rotatable bonds is 2. The molecule has 0 spiro atoms. The van der Waals surface area contributed by atoms with Gasteiger partial charge in [-0.25, -0.2) is 0 Å². The van der Waals surface area contributed by atoms with Crippen LogP contribution in [-0.4, -0.2) is 23.3 Å². The van der Waals surface area contributed by atoms with Gasteiger partial charge in [0.15, 0.2) is 5.15 Å². The predicted molar refractivity (Wildman–Crippen MR) is 64.0 cm³/mol. The van der Waals surface area contributed by atoms with Crippen molar-refractivity contribution >= 4 is 27.5 Å². The topological polar surface area (TPSA) is 37.8 Å². The first kappa shape index (κ1) is 11.3. The van der Waals surface area contributed by atoms with Crippen molar-refractivity contribution in [1.82, 2.24) is 15.5 Å². The first-order chi connectivity index (χ1) is 7.25. The van der Waals surface area contributed by atoms with E-state index in [4.69, 9.17) is 11.6 Å². The van der Waals surface area contributed by atoms with Crippen LogP contribution in [0.4, 0.5) is 0 Å². The molecule has 0 aliphatic carbocycles. The fourth-order valence-electron chi connectivity index (χ4n) is 1.88. The zero-order valence-corrected chi connectivity index (χ0v) is 10.7. The van der Waals surface area contributed by atoms with Crippen molar-refractivity contribution < 1.29 is 0 Å². The van der Waals surface area contributed by atoms with Crippen LogP contribution < -0.4 is 5.32 Å². The molecule has 1 aromatic heterocycles. The molecular formula is C10H13BrClN3. The van der Waals surface area contributed by atoms with Gasteiger partial charge in [0, 0.05) is 0 Å². The van der Waals surface area contributed by atoms with Crippen LogP contribution >= 0.6 is 27.5 Å². The summed E-state index contributed by atoms with van der Waals surface area (Å²) in [5.41, 5.74) is 1.01. The third-order valence-electron chi connectivity index (χ3n) is 2.65. The van der Waals surface area contributed by atoms with Gasteiger partial charge in [-0.1, -0.05) is 11.6 Å². The van der Waals surface area contributed by atoms with E-state index < -0.39 is 0 Å². The lowest BCUT2D eigenvalue weighted by molar-refractivity contribution is 0.372. The molecule has 1 aromatic rings. The summed E-state index contributed by atoms with van der Waals surface area (Å²) in [6.07, 6.45) is 3.51. The van der Waals surface area contributed by atoms with Crippen LogP contribution in [0.2, 0.25) is 5.15 Å². The Bertz CT molecular complexity index is 339. The van der Waals surface area contributed by atoms with Crippen molar-refractivity contribution in [3.05, 3.63) is 21.4 Å². The molecule has 1 saturated heterocycles. The van der Waals surface area contributed by atoms with Crippen molar-refractivity contribution in [2.24, 2.45) is 5.92 Å². The Balaban J connectivity index is 2.00. The molecule has 15 heavy (non-hydrogen) atoms. The quantitative estimate of drug-likeness (QED) is 0.909. The second kappa shape index (κ2) is 5.23. The summed E-state index contributed by atoms with van der Waals surface area (Å²) in [4.78, 5) is 0. The van der Waals surface area contributed by atoms with E-state index >= 15 is 0 Å². The lowest BCUT2D eigenvalue weighted by Crippen LogP contribution is -2.31. The van der Waals surface area contributed by atoms with Gasteiger partial charge in [0.1, 0.15) is 0 Å². The number of nitrogens with one attached hydrogen (secondary N) is 1. The molecule has 1 N–H and O–H groups in total. The standard InChI is InChI=1S/C10H13BrClN3/c11-9-5-8(14-15-10(9)12)4-7-2-1-3-13-6-7/h5,7,13H,1-4,6H2. The highest BCUT2D eigenvalue weighted by Gasteiger charge is 2.14. The summed E-state index contributed by atoms with van der Waals surface area (Å²) in [5.74, 6) is 0.682.